The third-order valence-electron chi connectivity index (χ3n) is 2.03. The highest BCUT2D eigenvalue weighted by Crippen LogP contribution is 2.19. The average Bonchev–Trinajstić information content (AvgIpc) is 2.24. The van der Waals surface area contributed by atoms with E-state index in [1.165, 1.54) is 0 Å². The number of aryl methyl sites for hydroxylation is 1. The van der Waals surface area contributed by atoms with Crippen LogP contribution in [-0.2, 0) is 4.79 Å². The number of hydrogen-bond donors (Lipinski definition) is 3. The lowest BCUT2D eigenvalue weighted by molar-refractivity contribution is -0.115. The SMILES string of the molecule is Cc1ccc(NC(=O)CNCCO)cc1Cl. The number of carbonyl (C=O) groups excluding carboxylic acids is 1. The summed E-state index contributed by atoms with van der Waals surface area (Å²) in [4.78, 5) is 11.4. The molecule has 1 amide bonds. The van der Waals surface area contributed by atoms with E-state index in [0.717, 1.165) is 5.56 Å². The standard InChI is InChI=1S/C11H15ClN2O2/c1-8-2-3-9(6-10(8)12)14-11(16)7-13-4-5-15/h2-3,6,13,15H,4-5,7H2,1H3,(H,14,16). The Labute approximate surface area is 99.6 Å². The van der Waals surface area contributed by atoms with Gasteiger partial charge >= 0.3 is 0 Å². The molecule has 0 atom stereocenters. The Morgan fingerprint density at radius 3 is 2.88 bits per heavy atom. The van der Waals surface area contributed by atoms with E-state index in [1.807, 2.05) is 13.0 Å². The van der Waals surface area contributed by atoms with E-state index in [2.05, 4.69) is 10.6 Å². The molecule has 0 bridgehead atoms. The molecule has 88 valence electrons. The van der Waals surface area contributed by atoms with E-state index in [1.54, 1.807) is 12.1 Å². The normalized spacial score (nSPS) is 10.2. The lowest BCUT2D eigenvalue weighted by Gasteiger charge is -2.07. The van der Waals surface area contributed by atoms with Gasteiger partial charge in [0.1, 0.15) is 0 Å². The van der Waals surface area contributed by atoms with Crippen LogP contribution in [0.25, 0.3) is 0 Å². The van der Waals surface area contributed by atoms with Crippen LogP contribution < -0.4 is 10.6 Å². The first-order valence-electron chi connectivity index (χ1n) is 5.01. The van der Waals surface area contributed by atoms with E-state index in [9.17, 15) is 4.79 Å². The Kier molecular flexibility index (Phi) is 5.25. The van der Waals surface area contributed by atoms with Gasteiger partial charge in [-0.25, -0.2) is 0 Å². The van der Waals surface area contributed by atoms with Crippen LogP contribution >= 0.6 is 11.6 Å². The zero-order chi connectivity index (χ0) is 12.0. The van der Waals surface area contributed by atoms with Crippen molar-refractivity contribution in [1.82, 2.24) is 5.32 Å². The number of benzene rings is 1. The van der Waals surface area contributed by atoms with E-state index in [-0.39, 0.29) is 19.1 Å². The molecule has 1 aromatic carbocycles. The first-order valence-corrected chi connectivity index (χ1v) is 5.39. The van der Waals surface area contributed by atoms with Crippen LogP contribution in [0.15, 0.2) is 18.2 Å². The monoisotopic (exact) mass is 242 g/mol. The molecule has 16 heavy (non-hydrogen) atoms. The number of rotatable bonds is 5. The second-order valence-corrected chi connectivity index (χ2v) is 3.82. The van der Waals surface area contributed by atoms with E-state index < -0.39 is 0 Å². The Morgan fingerprint density at radius 2 is 2.25 bits per heavy atom. The van der Waals surface area contributed by atoms with Crippen molar-refractivity contribution in [1.29, 1.82) is 0 Å². The summed E-state index contributed by atoms with van der Waals surface area (Å²) in [5, 5.41) is 14.6. The van der Waals surface area contributed by atoms with Crippen LogP contribution in [-0.4, -0.2) is 30.7 Å². The van der Waals surface area contributed by atoms with Gasteiger partial charge in [0.2, 0.25) is 5.91 Å². The zero-order valence-electron chi connectivity index (χ0n) is 9.09. The summed E-state index contributed by atoms with van der Waals surface area (Å²) in [5.41, 5.74) is 1.64. The van der Waals surface area contributed by atoms with Crippen molar-refractivity contribution in [2.24, 2.45) is 0 Å². The van der Waals surface area contributed by atoms with Gasteiger partial charge in [-0.15, -0.1) is 0 Å². The maximum Gasteiger partial charge on any atom is 0.238 e. The minimum absolute atomic E-state index is 0.0175. The summed E-state index contributed by atoms with van der Waals surface area (Å²) < 4.78 is 0. The molecule has 1 rings (SSSR count). The van der Waals surface area contributed by atoms with Gasteiger partial charge in [-0.05, 0) is 24.6 Å². The van der Waals surface area contributed by atoms with Crippen LogP contribution in [0.2, 0.25) is 5.02 Å². The molecule has 3 N–H and O–H groups in total. The molecule has 0 aliphatic carbocycles. The molecule has 0 aromatic heterocycles. The lowest BCUT2D eigenvalue weighted by atomic mass is 10.2. The van der Waals surface area contributed by atoms with Gasteiger partial charge in [-0.3, -0.25) is 4.79 Å². The van der Waals surface area contributed by atoms with Crippen LogP contribution in [0.3, 0.4) is 0 Å². The quantitative estimate of drug-likeness (QED) is 0.680. The first-order chi connectivity index (χ1) is 7.63. The van der Waals surface area contributed by atoms with E-state index in [0.29, 0.717) is 17.3 Å². The highest BCUT2D eigenvalue weighted by atomic mass is 35.5. The van der Waals surface area contributed by atoms with Crippen LogP contribution in [0.1, 0.15) is 5.56 Å². The first kappa shape index (κ1) is 13.0. The number of carbonyl (C=O) groups is 1. The van der Waals surface area contributed by atoms with Gasteiger partial charge in [-0.1, -0.05) is 17.7 Å². The van der Waals surface area contributed by atoms with Gasteiger partial charge in [0.15, 0.2) is 0 Å². The van der Waals surface area contributed by atoms with Crippen molar-refractivity contribution in [3.05, 3.63) is 28.8 Å². The maximum absolute atomic E-state index is 11.4. The molecule has 5 heteroatoms. The molecular formula is C11H15ClN2O2. The molecule has 4 nitrogen and oxygen atoms in total. The highest BCUT2D eigenvalue weighted by Gasteiger charge is 2.02. The summed E-state index contributed by atoms with van der Waals surface area (Å²) in [6.45, 7) is 2.49. The summed E-state index contributed by atoms with van der Waals surface area (Å²) >= 11 is 5.92. The predicted octanol–water partition coefficient (Wildman–Crippen LogP) is 1.17. The van der Waals surface area contributed by atoms with Crippen LogP contribution in [0, 0.1) is 6.92 Å². The van der Waals surface area contributed by atoms with E-state index >= 15 is 0 Å². The lowest BCUT2D eigenvalue weighted by Crippen LogP contribution is -2.29. The number of halogens is 1. The van der Waals surface area contributed by atoms with Crippen molar-refractivity contribution >= 4 is 23.2 Å². The van der Waals surface area contributed by atoms with Gasteiger partial charge in [0.05, 0.1) is 13.2 Å². The molecule has 0 saturated carbocycles. The topological polar surface area (TPSA) is 61.4 Å². The molecule has 0 aliphatic rings. The Balaban J connectivity index is 2.46. The summed E-state index contributed by atoms with van der Waals surface area (Å²) in [6.07, 6.45) is 0. The number of aliphatic hydroxyl groups is 1. The summed E-state index contributed by atoms with van der Waals surface area (Å²) in [6, 6.07) is 5.35. The van der Waals surface area contributed by atoms with Crippen molar-refractivity contribution in [2.75, 3.05) is 25.0 Å². The van der Waals surface area contributed by atoms with Gasteiger partial charge in [0, 0.05) is 17.3 Å². The van der Waals surface area contributed by atoms with Crippen LogP contribution in [0.4, 0.5) is 5.69 Å². The third kappa shape index (κ3) is 4.18. The fraction of sp³-hybridized carbons (Fsp3) is 0.364. The number of amides is 1. The van der Waals surface area contributed by atoms with Gasteiger partial charge in [0.25, 0.3) is 0 Å². The van der Waals surface area contributed by atoms with Crippen molar-refractivity contribution in [3.63, 3.8) is 0 Å². The van der Waals surface area contributed by atoms with Crippen molar-refractivity contribution < 1.29 is 9.90 Å². The molecule has 0 unspecified atom stereocenters. The maximum atomic E-state index is 11.4. The van der Waals surface area contributed by atoms with Crippen molar-refractivity contribution in [2.45, 2.75) is 6.92 Å². The largest absolute Gasteiger partial charge is 0.395 e. The number of aliphatic hydroxyl groups excluding tert-OH is 1. The molecule has 0 spiro atoms. The Morgan fingerprint density at radius 1 is 1.50 bits per heavy atom. The molecule has 0 saturated heterocycles. The smallest absolute Gasteiger partial charge is 0.238 e. The molecule has 1 aromatic rings. The molecule has 0 heterocycles. The summed E-state index contributed by atoms with van der Waals surface area (Å²) in [5.74, 6) is -0.159. The second kappa shape index (κ2) is 6.48. The van der Waals surface area contributed by atoms with Crippen molar-refractivity contribution in [3.8, 4) is 0 Å². The Hall–Kier alpha value is -1.10. The third-order valence-corrected chi connectivity index (χ3v) is 2.44. The van der Waals surface area contributed by atoms with Gasteiger partial charge < -0.3 is 15.7 Å². The molecular weight excluding hydrogens is 228 g/mol. The molecule has 0 fully saturated rings. The second-order valence-electron chi connectivity index (χ2n) is 3.41. The van der Waals surface area contributed by atoms with E-state index in [4.69, 9.17) is 16.7 Å². The predicted molar refractivity (Wildman–Crippen MR) is 64.8 cm³/mol. The summed E-state index contributed by atoms with van der Waals surface area (Å²) in [7, 11) is 0. The molecule has 0 radical (unpaired) electrons. The number of nitrogens with one attached hydrogen (secondary N) is 2. The van der Waals surface area contributed by atoms with Crippen LogP contribution in [0.5, 0.6) is 0 Å². The average molecular weight is 243 g/mol. The highest BCUT2D eigenvalue weighted by molar-refractivity contribution is 6.31. The minimum atomic E-state index is -0.159. The van der Waals surface area contributed by atoms with Gasteiger partial charge in [-0.2, -0.15) is 0 Å². The number of anilines is 1. The Bertz CT molecular complexity index is 369. The fourth-order valence-electron chi connectivity index (χ4n) is 1.16. The minimum Gasteiger partial charge on any atom is -0.395 e. The number of hydrogen-bond acceptors (Lipinski definition) is 3. The fourth-order valence-corrected chi connectivity index (χ4v) is 1.34. The molecule has 0 aliphatic heterocycles. The zero-order valence-corrected chi connectivity index (χ0v) is 9.84.